The van der Waals surface area contributed by atoms with Crippen molar-refractivity contribution >= 4 is 23.4 Å². The van der Waals surface area contributed by atoms with E-state index in [4.69, 9.17) is 9.15 Å². The van der Waals surface area contributed by atoms with Gasteiger partial charge >= 0.3 is 0 Å². The molecule has 1 heterocycles. The fraction of sp³-hybridized carbons (Fsp3) is 0.167. The summed E-state index contributed by atoms with van der Waals surface area (Å²) in [7, 11) is 0. The number of nitrogens with one attached hydrogen (secondary N) is 1. The van der Waals surface area contributed by atoms with Gasteiger partial charge in [-0.05, 0) is 31.2 Å². The molecule has 3 aromatic rings. The minimum absolute atomic E-state index is 0.0226. The molecule has 0 aliphatic heterocycles. The van der Waals surface area contributed by atoms with E-state index in [1.165, 1.54) is 12.1 Å². The number of hydrogen-bond acceptors (Lipinski definition) is 6. The van der Waals surface area contributed by atoms with Crippen molar-refractivity contribution in [3.63, 3.8) is 0 Å². The van der Waals surface area contributed by atoms with E-state index in [2.05, 4.69) is 15.5 Å². The molecule has 0 radical (unpaired) electrons. The lowest BCUT2D eigenvalue weighted by Gasteiger charge is -2.04. The number of carbonyl (C=O) groups is 1. The van der Waals surface area contributed by atoms with Crippen molar-refractivity contribution in [1.82, 2.24) is 10.2 Å². The summed E-state index contributed by atoms with van der Waals surface area (Å²) in [6.45, 7) is 2.13. The summed E-state index contributed by atoms with van der Waals surface area (Å²) in [6.07, 6.45) is 0. The third-order valence-electron chi connectivity index (χ3n) is 3.31. The minimum Gasteiger partial charge on any atom is -0.484 e. The normalized spacial score (nSPS) is 10.5. The summed E-state index contributed by atoms with van der Waals surface area (Å²) < 4.78 is 24.5. The number of aryl methyl sites for hydroxylation is 1. The van der Waals surface area contributed by atoms with Gasteiger partial charge < -0.3 is 14.5 Å². The Morgan fingerprint density at radius 3 is 2.73 bits per heavy atom. The molecule has 0 saturated heterocycles. The van der Waals surface area contributed by atoms with E-state index < -0.39 is 5.82 Å². The Morgan fingerprint density at radius 2 is 1.96 bits per heavy atom. The number of halogens is 1. The van der Waals surface area contributed by atoms with Crippen LogP contribution in [-0.4, -0.2) is 21.9 Å². The predicted octanol–water partition coefficient (Wildman–Crippen LogP) is 3.83. The monoisotopic (exact) mass is 373 g/mol. The Morgan fingerprint density at radius 1 is 1.19 bits per heavy atom. The van der Waals surface area contributed by atoms with Gasteiger partial charge in [-0.2, -0.15) is 0 Å². The fourth-order valence-electron chi connectivity index (χ4n) is 2.01. The fourth-order valence-corrected chi connectivity index (χ4v) is 2.59. The lowest BCUT2D eigenvalue weighted by Crippen LogP contribution is -2.14. The second-order valence-corrected chi connectivity index (χ2v) is 6.31. The van der Waals surface area contributed by atoms with Crippen LogP contribution in [0.2, 0.25) is 0 Å². The van der Waals surface area contributed by atoms with Crippen molar-refractivity contribution in [1.29, 1.82) is 0 Å². The number of aromatic nitrogens is 2. The van der Waals surface area contributed by atoms with Crippen LogP contribution >= 0.6 is 11.8 Å². The molecule has 0 spiro atoms. The third-order valence-corrected chi connectivity index (χ3v) is 4.12. The number of nitrogens with zero attached hydrogens (tertiary/aromatic N) is 2. The van der Waals surface area contributed by atoms with Gasteiger partial charge in [0.2, 0.25) is 5.91 Å². The quantitative estimate of drug-likeness (QED) is 0.634. The van der Waals surface area contributed by atoms with Crippen LogP contribution in [0.25, 0.3) is 0 Å². The molecule has 6 nitrogen and oxygen atoms in total. The van der Waals surface area contributed by atoms with Gasteiger partial charge in [-0.3, -0.25) is 4.79 Å². The van der Waals surface area contributed by atoms with E-state index in [9.17, 15) is 9.18 Å². The summed E-state index contributed by atoms with van der Waals surface area (Å²) in [5, 5.41) is 10.5. The van der Waals surface area contributed by atoms with Crippen LogP contribution in [0.3, 0.4) is 0 Å². The van der Waals surface area contributed by atoms with E-state index in [1.807, 2.05) is 31.2 Å². The number of rotatable bonds is 7. The highest BCUT2D eigenvalue weighted by Crippen LogP contribution is 2.19. The molecule has 1 N–H and O–H groups in total. The van der Waals surface area contributed by atoms with Gasteiger partial charge in [-0.1, -0.05) is 41.6 Å². The largest absolute Gasteiger partial charge is 0.484 e. The Balaban J connectivity index is 1.46. The zero-order valence-corrected chi connectivity index (χ0v) is 14.8. The Bertz CT molecular complexity index is 883. The van der Waals surface area contributed by atoms with E-state index in [0.717, 1.165) is 17.3 Å². The van der Waals surface area contributed by atoms with Crippen LogP contribution in [0, 0.1) is 12.7 Å². The van der Waals surface area contributed by atoms with Crippen LogP contribution in [0.15, 0.2) is 58.2 Å². The molecule has 0 saturated carbocycles. The molecule has 1 amide bonds. The molecule has 26 heavy (non-hydrogen) atoms. The average Bonchev–Trinajstić information content (AvgIpc) is 3.09. The van der Waals surface area contributed by atoms with E-state index >= 15 is 0 Å². The summed E-state index contributed by atoms with van der Waals surface area (Å²) in [4.78, 5) is 11.9. The lowest BCUT2D eigenvalue weighted by molar-refractivity contribution is -0.113. The van der Waals surface area contributed by atoms with Crippen LogP contribution in [0.5, 0.6) is 5.75 Å². The third kappa shape index (κ3) is 5.06. The molecule has 1 aromatic heterocycles. The Labute approximate surface area is 153 Å². The number of benzene rings is 2. The predicted molar refractivity (Wildman–Crippen MR) is 95.6 cm³/mol. The van der Waals surface area contributed by atoms with Crippen LogP contribution in [0.1, 0.15) is 11.5 Å². The van der Waals surface area contributed by atoms with Crippen molar-refractivity contribution in [2.75, 3.05) is 11.1 Å². The number of ether oxygens (including phenoxy) is 1. The molecular formula is C18H16FN3O3S. The van der Waals surface area contributed by atoms with Gasteiger partial charge in [0.25, 0.3) is 11.1 Å². The SMILES string of the molecule is Cc1ccc(OCc2nnc(SCC(=O)Nc3ccccc3F)o2)cc1. The van der Waals surface area contributed by atoms with Gasteiger partial charge in [0.1, 0.15) is 11.6 Å². The van der Waals surface area contributed by atoms with Crippen molar-refractivity contribution in [3.8, 4) is 5.75 Å². The first kappa shape index (κ1) is 17.9. The Kier molecular flexibility index (Phi) is 5.85. The lowest BCUT2D eigenvalue weighted by atomic mass is 10.2. The summed E-state index contributed by atoms with van der Waals surface area (Å²) in [5.41, 5.74) is 1.28. The topological polar surface area (TPSA) is 77.2 Å². The van der Waals surface area contributed by atoms with Gasteiger partial charge in [0.05, 0.1) is 11.4 Å². The van der Waals surface area contributed by atoms with Crippen molar-refractivity contribution in [2.24, 2.45) is 0 Å². The Hall–Kier alpha value is -2.87. The number of carbonyl (C=O) groups excluding carboxylic acids is 1. The summed E-state index contributed by atoms with van der Waals surface area (Å²) in [6, 6.07) is 13.6. The maximum Gasteiger partial charge on any atom is 0.277 e. The molecular weight excluding hydrogens is 357 g/mol. The van der Waals surface area contributed by atoms with E-state index in [0.29, 0.717) is 11.6 Å². The molecule has 0 aliphatic rings. The van der Waals surface area contributed by atoms with Gasteiger partial charge in [0, 0.05) is 0 Å². The number of para-hydroxylation sites is 1. The number of amides is 1. The molecule has 0 fully saturated rings. The molecule has 8 heteroatoms. The second-order valence-electron chi connectivity index (χ2n) is 5.38. The first-order valence-electron chi connectivity index (χ1n) is 7.79. The zero-order valence-electron chi connectivity index (χ0n) is 13.9. The van der Waals surface area contributed by atoms with E-state index in [-0.39, 0.29) is 29.2 Å². The summed E-state index contributed by atoms with van der Waals surface area (Å²) in [5.74, 6) is 0.180. The molecule has 2 aromatic carbocycles. The number of thioether (sulfide) groups is 1. The van der Waals surface area contributed by atoms with Crippen molar-refractivity contribution < 1.29 is 18.3 Å². The maximum atomic E-state index is 13.5. The summed E-state index contributed by atoms with van der Waals surface area (Å²) >= 11 is 1.07. The van der Waals surface area contributed by atoms with E-state index in [1.54, 1.807) is 12.1 Å². The molecule has 134 valence electrons. The van der Waals surface area contributed by atoms with Crippen molar-refractivity contribution in [3.05, 3.63) is 65.8 Å². The van der Waals surface area contributed by atoms with Crippen LogP contribution in [0.4, 0.5) is 10.1 Å². The maximum absolute atomic E-state index is 13.5. The smallest absolute Gasteiger partial charge is 0.277 e. The zero-order chi connectivity index (χ0) is 18.4. The van der Waals surface area contributed by atoms with Gasteiger partial charge in [-0.15, -0.1) is 10.2 Å². The van der Waals surface area contributed by atoms with Gasteiger partial charge in [0.15, 0.2) is 6.61 Å². The van der Waals surface area contributed by atoms with Crippen molar-refractivity contribution in [2.45, 2.75) is 18.8 Å². The highest BCUT2D eigenvalue weighted by atomic mass is 32.2. The standard InChI is InChI=1S/C18H16FN3O3S/c1-12-6-8-13(9-7-12)24-10-17-21-22-18(25-17)26-11-16(23)20-15-5-3-2-4-14(15)19/h2-9H,10-11H2,1H3,(H,20,23). The first-order chi connectivity index (χ1) is 12.6. The first-order valence-corrected chi connectivity index (χ1v) is 8.78. The molecule has 3 rings (SSSR count). The molecule has 0 unspecified atom stereocenters. The molecule has 0 aliphatic carbocycles. The highest BCUT2D eigenvalue weighted by molar-refractivity contribution is 7.99. The second kappa shape index (κ2) is 8.48. The number of hydrogen-bond donors (Lipinski definition) is 1. The highest BCUT2D eigenvalue weighted by Gasteiger charge is 2.11. The van der Waals surface area contributed by atoms with Gasteiger partial charge in [-0.25, -0.2) is 4.39 Å². The minimum atomic E-state index is -0.487. The number of anilines is 1. The van der Waals surface area contributed by atoms with Crippen LogP contribution in [-0.2, 0) is 11.4 Å². The average molecular weight is 373 g/mol. The van der Waals surface area contributed by atoms with Crippen LogP contribution < -0.4 is 10.1 Å². The molecule has 0 bridgehead atoms. The molecule has 0 atom stereocenters.